The van der Waals surface area contributed by atoms with Crippen molar-refractivity contribution in [3.63, 3.8) is 0 Å². The van der Waals surface area contributed by atoms with E-state index in [1.54, 1.807) is 24.3 Å². The van der Waals surface area contributed by atoms with Crippen LogP contribution in [0.2, 0.25) is 0 Å². The van der Waals surface area contributed by atoms with Gasteiger partial charge in [-0.3, -0.25) is 9.98 Å². The first-order valence-corrected chi connectivity index (χ1v) is 10.3. The van der Waals surface area contributed by atoms with E-state index in [1.807, 2.05) is 98.8 Å². The molecule has 0 aliphatic heterocycles. The Morgan fingerprint density at radius 3 is 1.12 bits per heavy atom. The van der Waals surface area contributed by atoms with Gasteiger partial charge in [0.05, 0.1) is 11.4 Å². The zero-order chi connectivity index (χ0) is 22.8. The average Bonchev–Trinajstić information content (AvgIpc) is 2.81. The summed E-state index contributed by atoms with van der Waals surface area (Å²) < 4.78 is 0. The van der Waals surface area contributed by atoms with E-state index in [1.165, 1.54) is 0 Å². The number of phenols is 2. The van der Waals surface area contributed by atoms with Crippen LogP contribution in [0.15, 0.2) is 119 Å². The van der Waals surface area contributed by atoms with Gasteiger partial charge in [-0.1, -0.05) is 60.7 Å². The van der Waals surface area contributed by atoms with Crippen LogP contribution in [0.4, 0.5) is 11.4 Å². The van der Waals surface area contributed by atoms with Crippen molar-refractivity contribution < 1.29 is 27.0 Å². The summed E-state index contributed by atoms with van der Waals surface area (Å²) in [7, 11) is 0. The van der Waals surface area contributed by atoms with Crippen LogP contribution in [0.1, 0.15) is 25.0 Å². The molecule has 0 unspecified atom stereocenters. The minimum absolute atomic E-state index is 0. The fraction of sp³-hybridized carbons (Fsp3) is 0.0714. The molecule has 33 heavy (non-hydrogen) atoms. The molecule has 0 saturated heterocycles. The van der Waals surface area contributed by atoms with Gasteiger partial charge in [-0.15, -0.1) is 0 Å². The van der Waals surface area contributed by atoms with Gasteiger partial charge in [-0.25, -0.2) is 0 Å². The zero-order valence-corrected chi connectivity index (χ0v) is 19.6. The first-order chi connectivity index (χ1) is 15.5. The molecule has 0 heterocycles. The number of hydrogen-bond acceptors (Lipinski definition) is 4. The van der Waals surface area contributed by atoms with Crippen LogP contribution < -0.4 is 0 Å². The van der Waals surface area contributed by atoms with Crippen LogP contribution in [0.3, 0.4) is 0 Å². The predicted octanol–water partition coefficient (Wildman–Crippen LogP) is 7.06. The number of phenolic OH excluding ortho intramolecular Hbond substituents is 2. The van der Waals surface area contributed by atoms with E-state index >= 15 is 0 Å². The molecule has 0 atom stereocenters. The molecule has 4 rings (SSSR count). The van der Waals surface area contributed by atoms with E-state index in [9.17, 15) is 10.2 Å². The van der Waals surface area contributed by atoms with E-state index < -0.39 is 0 Å². The molecule has 0 aromatic heterocycles. The SMILES string of the molecule is CC(=Nc1ccccc1)c1ccccc1O.CC(=Nc1ccccc1)c1ccccc1O.[Co]. The molecule has 0 fully saturated rings. The molecule has 0 amide bonds. The van der Waals surface area contributed by atoms with Crippen molar-refractivity contribution >= 4 is 22.8 Å². The van der Waals surface area contributed by atoms with Gasteiger partial charge in [0.2, 0.25) is 0 Å². The van der Waals surface area contributed by atoms with E-state index in [0.29, 0.717) is 0 Å². The van der Waals surface area contributed by atoms with Crippen LogP contribution in [-0.4, -0.2) is 21.6 Å². The molecule has 5 heteroatoms. The molecule has 0 aliphatic rings. The quantitative estimate of drug-likeness (QED) is 0.307. The molecule has 0 aliphatic carbocycles. The number of rotatable bonds is 4. The Kier molecular flexibility index (Phi) is 10.1. The van der Waals surface area contributed by atoms with Gasteiger partial charge in [0.25, 0.3) is 0 Å². The summed E-state index contributed by atoms with van der Waals surface area (Å²) in [5, 5.41) is 19.4. The van der Waals surface area contributed by atoms with Gasteiger partial charge in [-0.05, 0) is 62.4 Å². The fourth-order valence-electron chi connectivity index (χ4n) is 3.07. The van der Waals surface area contributed by atoms with Gasteiger partial charge < -0.3 is 10.2 Å². The first kappa shape index (κ1) is 25.6. The van der Waals surface area contributed by atoms with Crippen molar-refractivity contribution in [2.75, 3.05) is 0 Å². The van der Waals surface area contributed by atoms with Crippen molar-refractivity contribution in [1.82, 2.24) is 0 Å². The number of benzene rings is 4. The summed E-state index contributed by atoms with van der Waals surface area (Å²) in [5.41, 5.74) is 4.94. The van der Waals surface area contributed by atoms with Crippen LogP contribution in [-0.2, 0) is 16.8 Å². The van der Waals surface area contributed by atoms with Crippen LogP contribution in [0, 0.1) is 0 Å². The first-order valence-electron chi connectivity index (χ1n) is 10.3. The van der Waals surface area contributed by atoms with E-state index in [-0.39, 0.29) is 28.3 Å². The summed E-state index contributed by atoms with van der Waals surface area (Å²) >= 11 is 0. The molecule has 0 saturated carbocycles. The van der Waals surface area contributed by atoms with Crippen molar-refractivity contribution in [2.45, 2.75) is 13.8 Å². The number of aromatic hydroxyl groups is 2. The fourth-order valence-corrected chi connectivity index (χ4v) is 3.07. The monoisotopic (exact) mass is 481 g/mol. The van der Waals surface area contributed by atoms with E-state index in [0.717, 1.165) is 33.9 Å². The molecule has 0 spiro atoms. The van der Waals surface area contributed by atoms with Crippen molar-refractivity contribution in [3.8, 4) is 11.5 Å². The summed E-state index contributed by atoms with van der Waals surface area (Å²) in [4.78, 5) is 8.89. The Hall–Kier alpha value is -3.67. The minimum Gasteiger partial charge on any atom is -0.507 e. The Morgan fingerprint density at radius 1 is 0.485 bits per heavy atom. The van der Waals surface area contributed by atoms with Gasteiger partial charge in [0.15, 0.2) is 0 Å². The van der Waals surface area contributed by atoms with Gasteiger partial charge in [-0.2, -0.15) is 0 Å². The molecular formula is C28H26CoN2O2. The molecule has 1 radical (unpaired) electrons. The van der Waals surface area contributed by atoms with Crippen molar-refractivity contribution in [2.24, 2.45) is 9.98 Å². The maximum Gasteiger partial charge on any atom is 0.124 e. The largest absolute Gasteiger partial charge is 0.507 e. The third-order valence-electron chi connectivity index (χ3n) is 4.69. The topological polar surface area (TPSA) is 65.2 Å². The van der Waals surface area contributed by atoms with Crippen LogP contribution in [0.25, 0.3) is 0 Å². The number of para-hydroxylation sites is 4. The van der Waals surface area contributed by atoms with Gasteiger partial charge >= 0.3 is 0 Å². The number of nitrogens with zero attached hydrogens (tertiary/aromatic N) is 2. The smallest absolute Gasteiger partial charge is 0.124 e. The molecule has 4 aromatic rings. The second-order valence-corrected chi connectivity index (χ2v) is 7.10. The van der Waals surface area contributed by atoms with E-state index in [4.69, 9.17) is 0 Å². The molecule has 2 N–H and O–H groups in total. The summed E-state index contributed by atoms with van der Waals surface area (Å²) in [6.45, 7) is 3.78. The Bertz CT molecular complexity index is 1110. The second kappa shape index (κ2) is 13.0. The van der Waals surface area contributed by atoms with E-state index in [2.05, 4.69) is 9.98 Å². The van der Waals surface area contributed by atoms with Crippen LogP contribution in [0.5, 0.6) is 11.5 Å². The minimum atomic E-state index is 0. The van der Waals surface area contributed by atoms with Gasteiger partial charge in [0, 0.05) is 39.3 Å². The Balaban J connectivity index is 0.000000227. The molecule has 0 bridgehead atoms. The zero-order valence-electron chi connectivity index (χ0n) is 18.5. The number of hydrogen-bond donors (Lipinski definition) is 2. The normalized spacial score (nSPS) is 11.1. The maximum absolute atomic E-state index is 9.68. The predicted molar refractivity (Wildman–Crippen MR) is 133 cm³/mol. The second-order valence-electron chi connectivity index (χ2n) is 7.10. The summed E-state index contributed by atoms with van der Waals surface area (Å²) in [6.07, 6.45) is 0. The third kappa shape index (κ3) is 7.75. The summed E-state index contributed by atoms with van der Waals surface area (Å²) in [5.74, 6) is 0.527. The third-order valence-corrected chi connectivity index (χ3v) is 4.69. The van der Waals surface area contributed by atoms with Crippen LogP contribution >= 0.6 is 0 Å². The van der Waals surface area contributed by atoms with Crippen molar-refractivity contribution in [3.05, 3.63) is 120 Å². The van der Waals surface area contributed by atoms with Gasteiger partial charge in [0.1, 0.15) is 11.5 Å². The molecule has 4 nitrogen and oxygen atoms in total. The Labute approximate surface area is 205 Å². The summed E-state index contributed by atoms with van der Waals surface area (Å²) in [6, 6.07) is 33.8. The number of aliphatic imine (C=N–C) groups is 2. The van der Waals surface area contributed by atoms with Crippen molar-refractivity contribution in [1.29, 1.82) is 0 Å². The maximum atomic E-state index is 9.68. The standard InChI is InChI=1S/2C14H13NO.Co/c2*1-11(13-9-5-6-10-14(13)16)15-12-7-3-2-4-8-12;/h2*2-10,16H,1H3;. The molecular weight excluding hydrogens is 455 g/mol. The average molecular weight is 481 g/mol. The molecule has 169 valence electrons. The Morgan fingerprint density at radius 2 is 0.788 bits per heavy atom. The molecule has 4 aromatic carbocycles.